The van der Waals surface area contributed by atoms with E-state index >= 15 is 0 Å². The highest BCUT2D eigenvalue weighted by molar-refractivity contribution is 7.99. The summed E-state index contributed by atoms with van der Waals surface area (Å²) in [6.45, 7) is 4.18. The fourth-order valence-electron chi connectivity index (χ4n) is 0.304. The summed E-state index contributed by atoms with van der Waals surface area (Å²) in [6.07, 6.45) is 1.23. The van der Waals surface area contributed by atoms with Crippen LogP contribution in [0.25, 0.3) is 0 Å². The predicted molar refractivity (Wildman–Crippen MR) is 36.4 cm³/mol. The molecule has 0 aromatic heterocycles. The second-order valence-corrected chi connectivity index (χ2v) is 3.06. The van der Waals surface area contributed by atoms with Gasteiger partial charge in [-0.15, -0.1) is 11.8 Å². The quantitative estimate of drug-likeness (QED) is 0.569. The molecule has 0 spiro atoms. The van der Waals surface area contributed by atoms with E-state index in [4.69, 9.17) is 5.73 Å². The Morgan fingerprint density at radius 3 is 2.43 bits per heavy atom. The van der Waals surface area contributed by atoms with Crippen LogP contribution in [0, 0.1) is 0 Å². The molecular formula is C5H13NS. The van der Waals surface area contributed by atoms with E-state index in [1.54, 1.807) is 0 Å². The first-order valence-corrected chi connectivity index (χ1v) is 3.69. The van der Waals surface area contributed by atoms with Gasteiger partial charge in [0.2, 0.25) is 0 Å². The van der Waals surface area contributed by atoms with E-state index in [1.807, 2.05) is 18.7 Å². The van der Waals surface area contributed by atoms with Crippen LogP contribution in [0.5, 0.6) is 0 Å². The van der Waals surface area contributed by atoms with Gasteiger partial charge in [0, 0.05) is 5.37 Å². The first kappa shape index (κ1) is 7.31. The second kappa shape index (κ2) is 4.47. The van der Waals surface area contributed by atoms with Gasteiger partial charge in [-0.25, -0.2) is 0 Å². The summed E-state index contributed by atoms with van der Waals surface area (Å²) in [7, 11) is 0. The summed E-state index contributed by atoms with van der Waals surface area (Å²) in [6, 6.07) is 0. The molecule has 2 heteroatoms. The van der Waals surface area contributed by atoms with Crippen molar-refractivity contribution >= 4 is 11.8 Å². The molecule has 7 heavy (non-hydrogen) atoms. The Morgan fingerprint density at radius 2 is 2.29 bits per heavy atom. The number of hydrogen-bond acceptors (Lipinski definition) is 2. The molecule has 1 unspecified atom stereocenters. The van der Waals surface area contributed by atoms with Crippen molar-refractivity contribution in [2.24, 2.45) is 5.73 Å². The molecule has 0 aliphatic carbocycles. The summed E-state index contributed by atoms with van der Waals surface area (Å²) in [4.78, 5) is 0. The standard InChI is InChI=1S/C5H13NS/c1-3-4-7-5(2)6/h5H,3-4,6H2,1-2H3. The molecule has 44 valence electrons. The van der Waals surface area contributed by atoms with Crippen LogP contribution in [0.3, 0.4) is 0 Å². The number of nitrogens with two attached hydrogens (primary N) is 1. The zero-order chi connectivity index (χ0) is 5.70. The molecule has 0 saturated heterocycles. The van der Waals surface area contributed by atoms with Crippen molar-refractivity contribution in [1.29, 1.82) is 0 Å². The van der Waals surface area contributed by atoms with Crippen LogP contribution in [-0.2, 0) is 0 Å². The minimum absolute atomic E-state index is 0.319. The van der Waals surface area contributed by atoms with Gasteiger partial charge in [0.05, 0.1) is 0 Å². The molecule has 0 fully saturated rings. The molecule has 0 bridgehead atoms. The highest BCUT2D eigenvalue weighted by atomic mass is 32.2. The Bertz CT molecular complexity index is 37.1. The van der Waals surface area contributed by atoms with Gasteiger partial charge >= 0.3 is 0 Å². The smallest absolute Gasteiger partial charge is 0.0478 e. The van der Waals surface area contributed by atoms with Gasteiger partial charge in [0.15, 0.2) is 0 Å². The maximum atomic E-state index is 5.44. The SMILES string of the molecule is CCCSC(C)N. The third kappa shape index (κ3) is 6.31. The molecule has 0 radical (unpaired) electrons. The lowest BCUT2D eigenvalue weighted by molar-refractivity contribution is 1.02. The molecule has 1 nitrogen and oxygen atoms in total. The Kier molecular flexibility index (Phi) is 4.67. The third-order valence-electron chi connectivity index (χ3n) is 0.585. The van der Waals surface area contributed by atoms with Gasteiger partial charge in [-0.3, -0.25) is 0 Å². The first-order valence-electron chi connectivity index (χ1n) is 2.64. The summed E-state index contributed by atoms with van der Waals surface area (Å²) in [5.74, 6) is 1.19. The van der Waals surface area contributed by atoms with Crippen LogP contribution in [0.1, 0.15) is 20.3 Å². The summed E-state index contributed by atoms with van der Waals surface area (Å²) >= 11 is 1.81. The molecule has 0 aliphatic heterocycles. The minimum Gasteiger partial charge on any atom is -0.320 e. The van der Waals surface area contributed by atoms with Crippen molar-refractivity contribution in [3.8, 4) is 0 Å². The maximum Gasteiger partial charge on any atom is 0.0478 e. The summed E-state index contributed by atoms with van der Waals surface area (Å²) < 4.78 is 0. The van der Waals surface area contributed by atoms with Gasteiger partial charge < -0.3 is 5.73 Å². The fraction of sp³-hybridized carbons (Fsp3) is 1.00. The van der Waals surface area contributed by atoms with E-state index in [0.717, 1.165) is 0 Å². The minimum atomic E-state index is 0.319. The third-order valence-corrected chi connectivity index (χ3v) is 1.75. The van der Waals surface area contributed by atoms with Crippen LogP contribution in [0.2, 0.25) is 0 Å². The van der Waals surface area contributed by atoms with Crippen molar-refractivity contribution < 1.29 is 0 Å². The van der Waals surface area contributed by atoms with Crippen LogP contribution in [-0.4, -0.2) is 11.1 Å². The van der Waals surface area contributed by atoms with Crippen molar-refractivity contribution in [1.82, 2.24) is 0 Å². The highest BCUT2D eigenvalue weighted by Gasteiger charge is 1.88. The highest BCUT2D eigenvalue weighted by Crippen LogP contribution is 2.04. The van der Waals surface area contributed by atoms with Crippen molar-refractivity contribution in [2.45, 2.75) is 25.6 Å². The van der Waals surface area contributed by atoms with E-state index in [1.165, 1.54) is 12.2 Å². The molecule has 0 saturated carbocycles. The number of thioether (sulfide) groups is 1. The van der Waals surface area contributed by atoms with Crippen molar-refractivity contribution in [3.63, 3.8) is 0 Å². The van der Waals surface area contributed by atoms with E-state index < -0.39 is 0 Å². The molecule has 0 aliphatic rings. The molecule has 2 N–H and O–H groups in total. The van der Waals surface area contributed by atoms with E-state index in [-0.39, 0.29) is 0 Å². The average Bonchev–Trinajstić information content (AvgIpc) is 1.61. The van der Waals surface area contributed by atoms with Crippen LogP contribution in [0.15, 0.2) is 0 Å². The summed E-state index contributed by atoms with van der Waals surface area (Å²) in [5.41, 5.74) is 5.44. The van der Waals surface area contributed by atoms with Crippen LogP contribution < -0.4 is 5.73 Å². The molecule has 0 heterocycles. The zero-order valence-electron chi connectivity index (χ0n) is 4.98. The lowest BCUT2D eigenvalue weighted by atomic mass is 10.6. The Hall–Kier alpha value is 0.310. The van der Waals surface area contributed by atoms with E-state index in [0.29, 0.717) is 5.37 Å². The molecule has 0 amide bonds. The molecule has 1 atom stereocenters. The van der Waals surface area contributed by atoms with Crippen LogP contribution >= 0.6 is 11.8 Å². The number of hydrogen-bond donors (Lipinski definition) is 1. The average molecular weight is 119 g/mol. The molecular weight excluding hydrogens is 106 g/mol. The Balaban J connectivity index is 2.68. The van der Waals surface area contributed by atoms with Crippen molar-refractivity contribution in [3.05, 3.63) is 0 Å². The van der Waals surface area contributed by atoms with Crippen molar-refractivity contribution in [2.75, 3.05) is 5.75 Å². The van der Waals surface area contributed by atoms with Gasteiger partial charge in [-0.05, 0) is 19.1 Å². The zero-order valence-corrected chi connectivity index (χ0v) is 5.79. The largest absolute Gasteiger partial charge is 0.320 e. The number of rotatable bonds is 3. The van der Waals surface area contributed by atoms with Gasteiger partial charge in [-0.1, -0.05) is 6.92 Å². The molecule has 0 aromatic carbocycles. The van der Waals surface area contributed by atoms with E-state index in [9.17, 15) is 0 Å². The monoisotopic (exact) mass is 119 g/mol. The molecule has 0 aromatic rings. The normalized spacial score (nSPS) is 14.1. The predicted octanol–water partition coefficient (Wildman–Crippen LogP) is 1.43. The Labute approximate surface area is 49.7 Å². The molecule has 0 rings (SSSR count). The van der Waals surface area contributed by atoms with Gasteiger partial charge in [0.25, 0.3) is 0 Å². The Morgan fingerprint density at radius 1 is 1.71 bits per heavy atom. The maximum absolute atomic E-state index is 5.44. The lowest BCUT2D eigenvalue weighted by Crippen LogP contribution is -2.09. The van der Waals surface area contributed by atoms with Gasteiger partial charge in [0.1, 0.15) is 0 Å². The first-order chi connectivity index (χ1) is 3.27. The topological polar surface area (TPSA) is 26.0 Å². The van der Waals surface area contributed by atoms with Gasteiger partial charge in [-0.2, -0.15) is 0 Å². The lowest BCUT2D eigenvalue weighted by Gasteiger charge is -1.99. The van der Waals surface area contributed by atoms with E-state index in [2.05, 4.69) is 6.92 Å². The summed E-state index contributed by atoms with van der Waals surface area (Å²) in [5, 5.41) is 0.319. The fourth-order valence-corrected chi connectivity index (χ4v) is 0.911. The van der Waals surface area contributed by atoms with Crippen LogP contribution in [0.4, 0.5) is 0 Å². The second-order valence-electron chi connectivity index (χ2n) is 1.58.